The second-order valence-electron chi connectivity index (χ2n) is 7.08. The van der Waals surface area contributed by atoms with Crippen LogP contribution in [0.1, 0.15) is 35.3 Å². The monoisotopic (exact) mass is 452 g/mol. The summed E-state index contributed by atoms with van der Waals surface area (Å²) in [5, 5.41) is 11.7. The molecule has 0 unspecified atom stereocenters. The lowest BCUT2D eigenvalue weighted by atomic mass is 10.1. The van der Waals surface area contributed by atoms with E-state index in [1.807, 2.05) is 61.7 Å². The highest BCUT2D eigenvalue weighted by molar-refractivity contribution is 7.13. The number of aryl methyl sites for hydroxylation is 1. The number of hydrogen-bond donors (Lipinski definition) is 0. The highest BCUT2D eigenvalue weighted by atomic mass is 35.5. The summed E-state index contributed by atoms with van der Waals surface area (Å²) in [6, 6.07) is 14.8. The lowest BCUT2D eigenvalue weighted by Gasteiger charge is -2.20. The van der Waals surface area contributed by atoms with Crippen LogP contribution < -0.4 is 0 Å². The third kappa shape index (κ3) is 4.84. The number of rotatable bonds is 7. The van der Waals surface area contributed by atoms with Crippen molar-refractivity contribution in [2.45, 2.75) is 26.8 Å². The first-order valence-corrected chi connectivity index (χ1v) is 11.2. The van der Waals surface area contributed by atoms with Gasteiger partial charge in [-0.2, -0.15) is 0 Å². The topological polar surface area (TPSA) is 72.1 Å². The number of aromatic nitrogens is 3. The van der Waals surface area contributed by atoms with E-state index in [1.54, 1.807) is 22.3 Å². The van der Waals surface area contributed by atoms with Crippen molar-refractivity contribution in [1.29, 1.82) is 0 Å². The Morgan fingerprint density at radius 3 is 2.58 bits per heavy atom. The van der Waals surface area contributed by atoms with Gasteiger partial charge in [-0.15, -0.1) is 21.5 Å². The van der Waals surface area contributed by atoms with E-state index in [4.69, 9.17) is 16.0 Å². The molecule has 0 saturated heterocycles. The van der Waals surface area contributed by atoms with Gasteiger partial charge in [0.05, 0.1) is 17.1 Å². The molecule has 2 heterocycles. The van der Waals surface area contributed by atoms with Gasteiger partial charge in [-0.1, -0.05) is 42.8 Å². The van der Waals surface area contributed by atoms with Gasteiger partial charge in [0.15, 0.2) is 0 Å². The van der Waals surface area contributed by atoms with Crippen molar-refractivity contribution in [1.82, 2.24) is 20.1 Å². The van der Waals surface area contributed by atoms with Gasteiger partial charge in [0.25, 0.3) is 5.91 Å². The highest BCUT2D eigenvalue weighted by Gasteiger charge is 2.20. The average molecular weight is 453 g/mol. The minimum absolute atomic E-state index is 0.0822. The van der Waals surface area contributed by atoms with Gasteiger partial charge >= 0.3 is 0 Å². The second-order valence-corrected chi connectivity index (χ2v) is 8.34. The predicted octanol–water partition coefficient (Wildman–Crippen LogP) is 5.87. The molecule has 2 aromatic carbocycles. The molecule has 0 N–H and O–H groups in total. The normalized spacial score (nSPS) is 10.9. The molecular formula is C23H21ClN4O2S. The number of thiazole rings is 1. The van der Waals surface area contributed by atoms with Gasteiger partial charge in [0, 0.05) is 28.7 Å². The van der Waals surface area contributed by atoms with Crippen LogP contribution in [0.5, 0.6) is 0 Å². The summed E-state index contributed by atoms with van der Waals surface area (Å²) >= 11 is 7.81. The van der Waals surface area contributed by atoms with E-state index in [9.17, 15) is 4.79 Å². The highest BCUT2D eigenvalue weighted by Crippen LogP contribution is 2.27. The molecule has 31 heavy (non-hydrogen) atoms. The molecule has 0 fully saturated rings. The van der Waals surface area contributed by atoms with Crippen LogP contribution in [0.4, 0.5) is 0 Å². The molecule has 8 heteroatoms. The molecule has 0 radical (unpaired) electrons. The standard InChI is InChI=1S/C23H21ClN4O2S/c1-3-12-28(13-20-26-27-21(30-20)18-6-4-5-7-19(18)24)23(29)17-10-8-16(9-11-17)22-25-15(2)14-31-22/h4-11,14H,3,12-13H2,1-2H3. The van der Waals surface area contributed by atoms with Crippen LogP contribution in [0.25, 0.3) is 22.0 Å². The van der Waals surface area contributed by atoms with Gasteiger partial charge < -0.3 is 9.32 Å². The van der Waals surface area contributed by atoms with E-state index in [1.165, 1.54) is 0 Å². The van der Waals surface area contributed by atoms with Crippen LogP contribution in [0.15, 0.2) is 58.3 Å². The number of carbonyl (C=O) groups excluding carboxylic acids is 1. The van der Waals surface area contributed by atoms with Crippen molar-refractivity contribution in [3.8, 4) is 22.0 Å². The summed E-state index contributed by atoms with van der Waals surface area (Å²) < 4.78 is 5.79. The van der Waals surface area contributed by atoms with Crippen molar-refractivity contribution >= 4 is 28.8 Å². The lowest BCUT2D eigenvalue weighted by Crippen LogP contribution is -2.31. The van der Waals surface area contributed by atoms with Crippen molar-refractivity contribution in [2.24, 2.45) is 0 Å². The van der Waals surface area contributed by atoms with Gasteiger partial charge in [0.1, 0.15) is 5.01 Å². The van der Waals surface area contributed by atoms with E-state index in [0.717, 1.165) is 22.7 Å². The maximum atomic E-state index is 13.1. The zero-order valence-corrected chi connectivity index (χ0v) is 18.8. The summed E-state index contributed by atoms with van der Waals surface area (Å²) in [6.45, 7) is 4.81. The fraction of sp³-hybridized carbons (Fsp3) is 0.217. The number of hydrogen-bond acceptors (Lipinski definition) is 6. The Morgan fingerprint density at radius 1 is 1.13 bits per heavy atom. The molecule has 0 aliphatic carbocycles. The van der Waals surface area contributed by atoms with Gasteiger partial charge in [-0.3, -0.25) is 4.79 Å². The second kappa shape index (κ2) is 9.41. The third-order valence-corrected chi connectivity index (χ3v) is 6.01. The summed E-state index contributed by atoms with van der Waals surface area (Å²) in [7, 11) is 0. The predicted molar refractivity (Wildman–Crippen MR) is 122 cm³/mol. The van der Waals surface area contributed by atoms with E-state index in [0.29, 0.717) is 34.5 Å². The Balaban J connectivity index is 1.51. The smallest absolute Gasteiger partial charge is 0.254 e. The number of carbonyl (C=O) groups is 1. The molecule has 4 aromatic rings. The fourth-order valence-corrected chi connectivity index (χ4v) is 4.19. The first kappa shape index (κ1) is 21.2. The molecular weight excluding hydrogens is 432 g/mol. The molecule has 0 spiro atoms. The zero-order valence-electron chi connectivity index (χ0n) is 17.2. The first-order chi connectivity index (χ1) is 15.0. The number of halogens is 1. The summed E-state index contributed by atoms with van der Waals surface area (Å²) in [5.74, 6) is 0.625. The Labute approximate surface area is 189 Å². The minimum Gasteiger partial charge on any atom is -0.419 e. The molecule has 1 amide bonds. The average Bonchev–Trinajstić information content (AvgIpc) is 3.42. The van der Waals surface area contributed by atoms with E-state index in [-0.39, 0.29) is 12.5 Å². The van der Waals surface area contributed by atoms with E-state index >= 15 is 0 Å². The molecule has 0 aliphatic heterocycles. The summed E-state index contributed by atoms with van der Waals surface area (Å²) in [6.07, 6.45) is 0.813. The third-order valence-electron chi connectivity index (χ3n) is 4.68. The molecule has 158 valence electrons. The van der Waals surface area contributed by atoms with Crippen LogP contribution in [-0.2, 0) is 6.54 Å². The molecule has 2 aromatic heterocycles. The van der Waals surface area contributed by atoms with Crippen molar-refractivity contribution in [3.63, 3.8) is 0 Å². The largest absolute Gasteiger partial charge is 0.419 e. The first-order valence-electron chi connectivity index (χ1n) is 9.94. The summed E-state index contributed by atoms with van der Waals surface area (Å²) in [4.78, 5) is 19.3. The van der Waals surface area contributed by atoms with Gasteiger partial charge in [-0.25, -0.2) is 4.98 Å². The van der Waals surface area contributed by atoms with Crippen molar-refractivity contribution in [2.75, 3.05) is 6.54 Å². The Hall–Kier alpha value is -3.03. The van der Waals surface area contributed by atoms with Crippen LogP contribution in [0.2, 0.25) is 5.02 Å². The van der Waals surface area contributed by atoms with Crippen LogP contribution >= 0.6 is 22.9 Å². The maximum Gasteiger partial charge on any atom is 0.254 e. The molecule has 0 atom stereocenters. The molecule has 0 saturated carbocycles. The molecule has 0 bridgehead atoms. The number of amides is 1. The van der Waals surface area contributed by atoms with Crippen LogP contribution in [-0.4, -0.2) is 32.5 Å². The summed E-state index contributed by atoms with van der Waals surface area (Å²) in [5.41, 5.74) is 3.27. The number of nitrogens with zero attached hydrogens (tertiary/aromatic N) is 4. The Morgan fingerprint density at radius 2 is 1.90 bits per heavy atom. The molecule has 6 nitrogen and oxygen atoms in total. The van der Waals surface area contributed by atoms with Crippen molar-refractivity contribution in [3.05, 3.63) is 76.1 Å². The quantitative estimate of drug-likeness (QED) is 0.350. The SMILES string of the molecule is CCCN(Cc1nnc(-c2ccccc2Cl)o1)C(=O)c1ccc(-c2nc(C)cs2)cc1. The van der Waals surface area contributed by atoms with E-state index in [2.05, 4.69) is 15.2 Å². The maximum absolute atomic E-state index is 13.1. The molecule has 4 rings (SSSR count). The number of benzene rings is 2. The molecule has 0 aliphatic rings. The van der Waals surface area contributed by atoms with Crippen LogP contribution in [0, 0.1) is 6.92 Å². The fourth-order valence-electron chi connectivity index (χ4n) is 3.17. The Bertz CT molecular complexity index is 1190. The van der Waals surface area contributed by atoms with Gasteiger partial charge in [-0.05, 0) is 37.6 Å². The van der Waals surface area contributed by atoms with E-state index < -0.39 is 0 Å². The zero-order chi connectivity index (χ0) is 21.8. The minimum atomic E-state index is -0.0822. The Kier molecular flexibility index (Phi) is 6.44. The lowest BCUT2D eigenvalue weighted by molar-refractivity contribution is 0.0728. The van der Waals surface area contributed by atoms with Gasteiger partial charge in [0.2, 0.25) is 11.8 Å². The van der Waals surface area contributed by atoms with Crippen molar-refractivity contribution < 1.29 is 9.21 Å². The van der Waals surface area contributed by atoms with Crippen LogP contribution in [0.3, 0.4) is 0 Å².